The molecule has 1 aliphatic rings. The van der Waals surface area contributed by atoms with Gasteiger partial charge >= 0.3 is 0 Å². The van der Waals surface area contributed by atoms with E-state index in [9.17, 15) is 4.79 Å². The lowest BCUT2D eigenvalue weighted by Gasteiger charge is -2.20. The van der Waals surface area contributed by atoms with Gasteiger partial charge in [0.1, 0.15) is 0 Å². The van der Waals surface area contributed by atoms with Crippen LogP contribution in [0.5, 0.6) is 0 Å². The highest BCUT2D eigenvalue weighted by Crippen LogP contribution is 2.26. The lowest BCUT2D eigenvalue weighted by molar-refractivity contribution is -0.114. The van der Waals surface area contributed by atoms with Crippen molar-refractivity contribution in [2.24, 2.45) is 7.05 Å². The Kier molecular flexibility index (Phi) is 4.11. The lowest BCUT2D eigenvalue weighted by Crippen LogP contribution is -2.28. The van der Waals surface area contributed by atoms with E-state index in [1.54, 1.807) is 4.90 Å². The van der Waals surface area contributed by atoms with E-state index >= 15 is 0 Å². The summed E-state index contributed by atoms with van der Waals surface area (Å²) in [6.07, 6.45) is 4.79. The first-order valence-electron chi connectivity index (χ1n) is 8.99. The summed E-state index contributed by atoms with van der Waals surface area (Å²) in [6, 6.07) is 8.12. The number of carbonyl (C=O) groups excluding carboxylic acids is 1. The van der Waals surface area contributed by atoms with Crippen LogP contribution < -0.4 is 4.90 Å². The monoisotopic (exact) mass is 349 g/mol. The lowest BCUT2D eigenvalue weighted by atomic mass is 10.1. The summed E-state index contributed by atoms with van der Waals surface area (Å²) in [4.78, 5) is 14.3. The number of carbonyl (C=O) groups is 1. The van der Waals surface area contributed by atoms with Crippen LogP contribution in [0.3, 0.4) is 0 Å². The summed E-state index contributed by atoms with van der Waals surface area (Å²) in [7, 11) is 1.92. The Balaban J connectivity index is 1.71. The number of rotatable bonds is 4. The molecule has 0 radical (unpaired) electrons. The van der Waals surface area contributed by atoms with E-state index in [2.05, 4.69) is 27.5 Å². The van der Waals surface area contributed by atoms with Gasteiger partial charge in [0.05, 0.1) is 23.4 Å². The van der Waals surface area contributed by atoms with E-state index in [4.69, 9.17) is 0 Å². The molecule has 0 saturated carbocycles. The van der Waals surface area contributed by atoms with Gasteiger partial charge in [-0.25, -0.2) is 0 Å². The fourth-order valence-electron chi connectivity index (χ4n) is 3.72. The van der Waals surface area contributed by atoms with Crippen LogP contribution in [-0.2, 0) is 31.4 Å². The molecular weight excluding hydrogens is 326 g/mol. The molecule has 0 atom stereocenters. The summed E-state index contributed by atoms with van der Waals surface area (Å²) >= 11 is 0. The number of aryl methyl sites for hydroxylation is 4. The molecule has 0 aliphatic carbocycles. The molecule has 134 valence electrons. The maximum Gasteiger partial charge on any atom is 0.250 e. The van der Waals surface area contributed by atoms with Gasteiger partial charge < -0.3 is 4.90 Å². The predicted octanol–water partition coefficient (Wildman–Crippen LogP) is 3.13. The molecule has 1 amide bonds. The molecule has 2 aromatic heterocycles. The fourth-order valence-corrected chi connectivity index (χ4v) is 3.72. The Labute approximate surface area is 152 Å². The summed E-state index contributed by atoms with van der Waals surface area (Å²) < 4.78 is 3.92. The molecule has 0 unspecified atom stereocenters. The molecule has 3 aromatic rings. The summed E-state index contributed by atoms with van der Waals surface area (Å²) in [5, 5.41) is 10.2. The quantitative estimate of drug-likeness (QED) is 0.680. The molecule has 3 heterocycles. The number of nitrogens with zero attached hydrogens (tertiary/aromatic N) is 5. The van der Waals surface area contributed by atoms with Gasteiger partial charge in [-0.1, -0.05) is 6.58 Å². The second-order valence-corrected chi connectivity index (χ2v) is 6.85. The van der Waals surface area contributed by atoms with E-state index in [-0.39, 0.29) is 5.91 Å². The number of anilines is 1. The third-order valence-electron chi connectivity index (χ3n) is 5.06. The van der Waals surface area contributed by atoms with Crippen molar-refractivity contribution in [3.05, 3.63) is 54.0 Å². The third-order valence-corrected chi connectivity index (χ3v) is 5.06. The summed E-state index contributed by atoms with van der Waals surface area (Å²) in [6.45, 7) is 7.05. The second kappa shape index (κ2) is 6.44. The average Bonchev–Trinajstić information content (AvgIpc) is 3.19. The van der Waals surface area contributed by atoms with Crippen molar-refractivity contribution in [2.45, 2.75) is 39.3 Å². The average molecular weight is 349 g/mol. The Morgan fingerprint density at radius 2 is 2.15 bits per heavy atom. The number of fused-ring (bicyclic) bond motifs is 2. The Morgan fingerprint density at radius 3 is 2.92 bits per heavy atom. The van der Waals surface area contributed by atoms with Gasteiger partial charge in [0.2, 0.25) is 0 Å². The van der Waals surface area contributed by atoms with Gasteiger partial charge in [0.25, 0.3) is 5.91 Å². The van der Waals surface area contributed by atoms with Crippen molar-refractivity contribution in [3.8, 4) is 0 Å². The molecule has 0 fully saturated rings. The fraction of sp³-hybridized carbons (Fsp3) is 0.350. The van der Waals surface area contributed by atoms with E-state index in [1.807, 2.05) is 36.9 Å². The zero-order chi connectivity index (χ0) is 18.3. The number of hydrogen-bond donors (Lipinski definition) is 0. The largest absolute Gasteiger partial charge is 0.303 e. The van der Waals surface area contributed by atoms with Gasteiger partial charge in [-0.2, -0.15) is 10.2 Å². The van der Waals surface area contributed by atoms with Crippen molar-refractivity contribution in [1.29, 1.82) is 0 Å². The number of aromatic nitrogens is 4. The van der Waals surface area contributed by atoms with E-state index in [1.165, 1.54) is 24.6 Å². The normalized spacial score (nSPS) is 13.6. The van der Waals surface area contributed by atoms with Crippen LogP contribution in [0.2, 0.25) is 0 Å². The van der Waals surface area contributed by atoms with Crippen LogP contribution in [0.25, 0.3) is 10.9 Å². The summed E-state index contributed by atoms with van der Waals surface area (Å²) in [5.41, 5.74) is 4.99. The number of hydrogen-bond acceptors (Lipinski definition) is 3. The molecule has 1 aliphatic heterocycles. The first kappa shape index (κ1) is 16.6. The van der Waals surface area contributed by atoms with Crippen LogP contribution in [0, 0.1) is 6.92 Å². The standard InChI is InChI=1S/C20H23N5O/c1-4-20(26)24(13-15-11-17-7-5-6-10-25(17)22-15)16-8-9-18-14(2)21-23(3)19(18)12-16/h4,8-9,11-12H,1,5-7,10,13H2,2-3H3. The SMILES string of the molecule is C=CC(=O)N(Cc1cc2n(n1)CCCC2)c1ccc2c(C)nn(C)c2c1. The van der Waals surface area contributed by atoms with Gasteiger partial charge in [-0.3, -0.25) is 14.2 Å². The molecule has 0 bridgehead atoms. The smallest absolute Gasteiger partial charge is 0.250 e. The highest BCUT2D eigenvalue weighted by Gasteiger charge is 2.19. The topological polar surface area (TPSA) is 56.0 Å². The van der Waals surface area contributed by atoms with Crippen molar-refractivity contribution in [2.75, 3.05) is 4.90 Å². The highest BCUT2D eigenvalue weighted by atomic mass is 16.2. The van der Waals surface area contributed by atoms with E-state index < -0.39 is 0 Å². The molecule has 1 aromatic carbocycles. The zero-order valence-corrected chi connectivity index (χ0v) is 15.3. The van der Waals surface area contributed by atoms with Gasteiger partial charge in [-0.15, -0.1) is 0 Å². The minimum Gasteiger partial charge on any atom is -0.303 e. The third kappa shape index (κ3) is 2.81. The molecule has 4 rings (SSSR count). The first-order valence-corrected chi connectivity index (χ1v) is 8.99. The Morgan fingerprint density at radius 1 is 1.31 bits per heavy atom. The van der Waals surface area contributed by atoms with E-state index in [0.29, 0.717) is 6.54 Å². The molecule has 0 spiro atoms. The van der Waals surface area contributed by atoms with Crippen LogP contribution in [0.1, 0.15) is 29.9 Å². The van der Waals surface area contributed by atoms with Crippen molar-refractivity contribution >= 4 is 22.5 Å². The molecule has 6 heteroatoms. The zero-order valence-electron chi connectivity index (χ0n) is 15.3. The summed E-state index contributed by atoms with van der Waals surface area (Å²) in [5.74, 6) is -0.130. The van der Waals surface area contributed by atoms with Gasteiger partial charge in [0.15, 0.2) is 0 Å². The van der Waals surface area contributed by atoms with Gasteiger partial charge in [-0.05, 0) is 56.5 Å². The first-order chi connectivity index (χ1) is 12.6. The van der Waals surface area contributed by atoms with Crippen molar-refractivity contribution in [3.63, 3.8) is 0 Å². The van der Waals surface area contributed by atoms with Crippen LogP contribution in [-0.4, -0.2) is 25.5 Å². The van der Waals surface area contributed by atoms with Crippen LogP contribution in [0.15, 0.2) is 36.9 Å². The van der Waals surface area contributed by atoms with Crippen molar-refractivity contribution < 1.29 is 4.79 Å². The molecule has 26 heavy (non-hydrogen) atoms. The Hall–Kier alpha value is -2.89. The van der Waals surface area contributed by atoms with Gasteiger partial charge in [0, 0.05) is 30.4 Å². The molecular formula is C20H23N5O. The van der Waals surface area contributed by atoms with Crippen LogP contribution in [0.4, 0.5) is 5.69 Å². The molecule has 0 N–H and O–H groups in total. The van der Waals surface area contributed by atoms with Crippen molar-refractivity contribution in [1.82, 2.24) is 19.6 Å². The highest BCUT2D eigenvalue weighted by molar-refractivity contribution is 6.02. The second-order valence-electron chi connectivity index (χ2n) is 6.85. The predicted molar refractivity (Wildman–Crippen MR) is 102 cm³/mol. The minimum atomic E-state index is -0.130. The maximum absolute atomic E-state index is 12.5. The number of amides is 1. The maximum atomic E-state index is 12.5. The van der Waals surface area contributed by atoms with Crippen LogP contribution >= 0.6 is 0 Å². The minimum absolute atomic E-state index is 0.130. The molecule has 0 saturated heterocycles. The number of benzene rings is 1. The van der Waals surface area contributed by atoms with E-state index in [0.717, 1.165) is 40.9 Å². The molecule has 6 nitrogen and oxygen atoms in total. The Bertz CT molecular complexity index is 974.